The molecule has 0 aliphatic heterocycles. The van der Waals surface area contributed by atoms with Gasteiger partial charge in [-0.25, -0.2) is 0 Å². The normalized spacial score (nSPS) is 28.1. The molecule has 3 rings (SSSR count). The molecular formula is C17H24ClN. The third-order valence-corrected chi connectivity index (χ3v) is 5.05. The van der Waals surface area contributed by atoms with Crippen LogP contribution in [0.1, 0.15) is 56.4 Å². The van der Waals surface area contributed by atoms with Gasteiger partial charge in [0.2, 0.25) is 0 Å². The Labute approximate surface area is 121 Å². The van der Waals surface area contributed by atoms with Gasteiger partial charge in [-0.15, -0.1) is 0 Å². The Morgan fingerprint density at radius 3 is 2.58 bits per heavy atom. The van der Waals surface area contributed by atoms with E-state index < -0.39 is 0 Å². The Morgan fingerprint density at radius 1 is 1.00 bits per heavy atom. The van der Waals surface area contributed by atoms with Gasteiger partial charge in [0.15, 0.2) is 0 Å². The van der Waals surface area contributed by atoms with Gasteiger partial charge in [-0.05, 0) is 55.7 Å². The summed E-state index contributed by atoms with van der Waals surface area (Å²) in [5.74, 6) is 1.42. The maximum Gasteiger partial charge on any atom is 0.0440 e. The summed E-state index contributed by atoms with van der Waals surface area (Å²) in [6, 6.07) is 9.28. The van der Waals surface area contributed by atoms with Crippen molar-refractivity contribution in [1.29, 1.82) is 0 Å². The Kier molecular flexibility index (Phi) is 4.45. The summed E-state index contributed by atoms with van der Waals surface area (Å²) in [6.07, 6.45) is 9.55. The SMILES string of the molecule is Clc1ccccc1C1CCCCCC1CNC1CC1. The molecule has 2 saturated carbocycles. The highest BCUT2D eigenvalue weighted by molar-refractivity contribution is 6.31. The summed E-state index contributed by atoms with van der Waals surface area (Å²) in [4.78, 5) is 0. The molecule has 0 spiro atoms. The minimum atomic E-state index is 0.655. The Balaban J connectivity index is 1.74. The topological polar surface area (TPSA) is 12.0 Å². The number of nitrogens with one attached hydrogen (secondary N) is 1. The highest BCUT2D eigenvalue weighted by atomic mass is 35.5. The molecule has 19 heavy (non-hydrogen) atoms. The first-order valence-electron chi connectivity index (χ1n) is 7.82. The second kappa shape index (κ2) is 6.28. The molecule has 1 N–H and O–H groups in total. The molecule has 0 aromatic heterocycles. The van der Waals surface area contributed by atoms with Gasteiger partial charge in [0.25, 0.3) is 0 Å². The molecule has 0 saturated heterocycles. The Bertz CT molecular complexity index is 413. The number of hydrogen-bond acceptors (Lipinski definition) is 1. The molecule has 2 unspecified atom stereocenters. The van der Waals surface area contributed by atoms with Crippen LogP contribution in [0.5, 0.6) is 0 Å². The minimum absolute atomic E-state index is 0.655. The molecule has 2 fully saturated rings. The van der Waals surface area contributed by atoms with Crippen LogP contribution in [-0.2, 0) is 0 Å². The largest absolute Gasteiger partial charge is 0.314 e. The van der Waals surface area contributed by atoms with E-state index in [2.05, 4.69) is 17.4 Å². The molecule has 1 nitrogen and oxygen atoms in total. The molecule has 1 aromatic carbocycles. The first kappa shape index (κ1) is 13.5. The van der Waals surface area contributed by atoms with Crippen LogP contribution in [0.25, 0.3) is 0 Å². The second-order valence-corrected chi connectivity index (χ2v) is 6.62. The summed E-state index contributed by atoms with van der Waals surface area (Å²) >= 11 is 6.43. The van der Waals surface area contributed by atoms with Crippen LogP contribution in [-0.4, -0.2) is 12.6 Å². The molecule has 2 aliphatic rings. The standard InChI is InChI=1S/C17H24ClN/c18-17-9-5-4-8-16(17)15-7-3-1-2-6-13(15)12-19-14-10-11-14/h4-5,8-9,13-15,19H,1-3,6-7,10-12H2. The number of rotatable bonds is 4. The van der Waals surface area contributed by atoms with E-state index in [-0.39, 0.29) is 0 Å². The lowest BCUT2D eigenvalue weighted by molar-refractivity contribution is 0.374. The van der Waals surface area contributed by atoms with Crippen molar-refractivity contribution in [2.24, 2.45) is 5.92 Å². The van der Waals surface area contributed by atoms with Crippen LogP contribution in [0.4, 0.5) is 0 Å². The summed E-state index contributed by atoms with van der Waals surface area (Å²) in [5.41, 5.74) is 1.38. The number of hydrogen-bond donors (Lipinski definition) is 1. The van der Waals surface area contributed by atoms with E-state index in [1.807, 2.05) is 12.1 Å². The fourth-order valence-electron chi connectivity index (χ4n) is 3.42. The zero-order valence-electron chi connectivity index (χ0n) is 11.6. The van der Waals surface area contributed by atoms with Crippen molar-refractivity contribution in [3.63, 3.8) is 0 Å². The average molecular weight is 278 g/mol. The van der Waals surface area contributed by atoms with Crippen LogP contribution in [0.3, 0.4) is 0 Å². The van der Waals surface area contributed by atoms with Crippen molar-refractivity contribution in [1.82, 2.24) is 5.32 Å². The predicted octanol–water partition coefficient (Wildman–Crippen LogP) is 4.76. The monoisotopic (exact) mass is 277 g/mol. The molecule has 2 atom stereocenters. The average Bonchev–Trinajstić information content (AvgIpc) is 3.24. The molecule has 1 aromatic rings. The van der Waals surface area contributed by atoms with E-state index in [0.717, 1.165) is 17.0 Å². The lowest BCUT2D eigenvalue weighted by Crippen LogP contribution is -2.28. The van der Waals surface area contributed by atoms with Crippen LogP contribution in [0.15, 0.2) is 24.3 Å². The van der Waals surface area contributed by atoms with Gasteiger partial charge >= 0.3 is 0 Å². The molecule has 0 heterocycles. The van der Waals surface area contributed by atoms with E-state index in [1.165, 1.54) is 57.1 Å². The second-order valence-electron chi connectivity index (χ2n) is 6.21. The third-order valence-electron chi connectivity index (χ3n) is 4.71. The van der Waals surface area contributed by atoms with Crippen molar-refractivity contribution in [2.75, 3.05) is 6.54 Å². The van der Waals surface area contributed by atoms with Crippen molar-refractivity contribution in [3.05, 3.63) is 34.9 Å². The van der Waals surface area contributed by atoms with Crippen molar-refractivity contribution >= 4 is 11.6 Å². The van der Waals surface area contributed by atoms with E-state index in [0.29, 0.717) is 5.92 Å². The summed E-state index contributed by atoms with van der Waals surface area (Å²) in [6.45, 7) is 1.18. The fourth-order valence-corrected chi connectivity index (χ4v) is 3.70. The lowest BCUT2D eigenvalue weighted by Gasteiger charge is -2.26. The van der Waals surface area contributed by atoms with E-state index >= 15 is 0 Å². The first-order valence-corrected chi connectivity index (χ1v) is 8.20. The van der Waals surface area contributed by atoms with Gasteiger partial charge in [0, 0.05) is 11.1 Å². The number of halogens is 1. The highest BCUT2D eigenvalue weighted by Crippen LogP contribution is 2.39. The van der Waals surface area contributed by atoms with Gasteiger partial charge in [-0.3, -0.25) is 0 Å². The fraction of sp³-hybridized carbons (Fsp3) is 0.647. The Morgan fingerprint density at radius 2 is 1.79 bits per heavy atom. The molecule has 2 aliphatic carbocycles. The molecule has 0 bridgehead atoms. The van der Waals surface area contributed by atoms with Crippen LogP contribution in [0, 0.1) is 5.92 Å². The molecule has 0 amide bonds. The van der Waals surface area contributed by atoms with Gasteiger partial charge in [-0.2, -0.15) is 0 Å². The molecule has 0 radical (unpaired) electrons. The molecular weight excluding hydrogens is 254 g/mol. The molecule has 2 heteroatoms. The van der Waals surface area contributed by atoms with Crippen LogP contribution < -0.4 is 5.32 Å². The minimum Gasteiger partial charge on any atom is -0.314 e. The van der Waals surface area contributed by atoms with Crippen molar-refractivity contribution < 1.29 is 0 Å². The van der Waals surface area contributed by atoms with Crippen LogP contribution >= 0.6 is 11.6 Å². The van der Waals surface area contributed by atoms with Gasteiger partial charge in [0.05, 0.1) is 0 Å². The zero-order chi connectivity index (χ0) is 13.1. The van der Waals surface area contributed by atoms with Crippen molar-refractivity contribution in [3.8, 4) is 0 Å². The maximum absolute atomic E-state index is 6.43. The van der Waals surface area contributed by atoms with Gasteiger partial charge < -0.3 is 5.32 Å². The van der Waals surface area contributed by atoms with E-state index in [9.17, 15) is 0 Å². The Hall–Kier alpha value is -0.530. The van der Waals surface area contributed by atoms with Crippen LogP contribution in [0.2, 0.25) is 5.02 Å². The highest BCUT2D eigenvalue weighted by Gasteiger charge is 2.28. The lowest BCUT2D eigenvalue weighted by atomic mass is 9.82. The summed E-state index contributed by atoms with van der Waals surface area (Å²) in [5, 5.41) is 4.69. The molecule has 104 valence electrons. The van der Waals surface area contributed by atoms with Gasteiger partial charge in [0.1, 0.15) is 0 Å². The first-order chi connectivity index (χ1) is 9.34. The smallest absolute Gasteiger partial charge is 0.0440 e. The predicted molar refractivity (Wildman–Crippen MR) is 81.8 cm³/mol. The maximum atomic E-state index is 6.43. The number of benzene rings is 1. The van der Waals surface area contributed by atoms with Crippen molar-refractivity contribution in [2.45, 2.75) is 56.9 Å². The summed E-state index contributed by atoms with van der Waals surface area (Å²) < 4.78 is 0. The third kappa shape index (κ3) is 3.52. The van der Waals surface area contributed by atoms with E-state index in [4.69, 9.17) is 11.6 Å². The summed E-state index contributed by atoms with van der Waals surface area (Å²) in [7, 11) is 0. The van der Waals surface area contributed by atoms with Gasteiger partial charge in [-0.1, -0.05) is 49.1 Å². The quantitative estimate of drug-likeness (QED) is 0.783. The van der Waals surface area contributed by atoms with E-state index in [1.54, 1.807) is 0 Å². The zero-order valence-corrected chi connectivity index (χ0v) is 12.3.